The molecule has 0 aliphatic carbocycles. The van der Waals surface area contributed by atoms with Gasteiger partial charge in [-0.25, -0.2) is 4.39 Å². The van der Waals surface area contributed by atoms with Gasteiger partial charge >= 0.3 is 5.97 Å². The van der Waals surface area contributed by atoms with Gasteiger partial charge in [0.05, 0.1) is 19.3 Å². The third-order valence-corrected chi connectivity index (χ3v) is 3.23. The van der Waals surface area contributed by atoms with Crippen LogP contribution in [0.1, 0.15) is 39.4 Å². The number of aliphatic hydroxyl groups is 1. The van der Waals surface area contributed by atoms with Crippen molar-refractivity contribution in [2.75, 3.05) is 19.7 Å². The highest BCUT2D eigenvalue weighted by Gasteiger charge is 2.27. The van der Waals surface area contributed by atoms with Gasteiger partial charge in [0.1, 0.15) is 5.82 Å². The Morgan fingerprint density at radius 3 is 2.52 bits per heavy atom. The number of benzene rings is 1. The van der Waals surface area contributed by atoms with Crippen molar-refractivity contribution in [1.29, 1.82) is 0 Å². The van der Waals surface area contributed by atoms with Gasteiger partial charge in [0.2, 0.25) is 0 Å². The molecule has 118 valence electrons. The summed E-state index contributed by atoms with van der Waals surface area (Å²) in [5, 5.41) is 10.2. The van der Waals surface area contributed by atoms with E-state index in [2.05, 4.69) is 0 Å². The topological polar surface area (TPSA) is 49.8 Å². The summed E-state index contributed by atoms with van der Waals surface area (Å²) in [5.41, 5.74) is -0.116. The van der Waals surface area contributed by atoms with Crippen LogP contribution in [0.25, 0.3) is 0 Å². The van der Waals surface area contributed by atoms with Crippen molar-refractivity contribution in [2.45, 2.75) is 39.3 Å². The molecule has 0 saturated carbocycles. The number of halogens is 1. The Morgan fingerprint density at radius 1 is 1.38 bits per heavy atom. The number of aliphatic hydroxyl groups excluding tert-OH is 1. The molecule has 0 bridgehead atoms. The molecule has 1 unspecified atom stereocenters. The smallest absolute Gasteiger partial charge is 0.320 e. The highest BCUT2D eigenvalue weighted by atomic mass is 19.1. The number of nitrogens with zero attached hydrogens (tertiary/aromatic N) is 1. The Hall–Kier alpha value is -1.46. The first-order valence-corrected chi connectivity index (χ1v) is 7.09. The molecule has 0 spiro atoms. The summed E-state index contributed by atoms with van der Waals surface area (Å²) in [7, 11) is 0. The number of β-amino-alcohol motifs (C(OH)–C–C–N with tert-alkyl or cyclic N) is 1. The molecule has 5 heteroatoms. The number of esters is 1. The molecule has 4 nitrogen and oxygen atoms in total. The van der Waals surface area contributed by atoms with Gasteiger partial charge in [-0.15, -0.1) is 0 Å². The molecule has 0 aliphatic rings. The minimum atomic E-state index is -1.00. The summed E-state index contributed by atoms with van der Waals surface area (Å²) in [4.78, 5) is 13.4. The number of rotatable bonds is 6. The number of hydrogen-bond acceptors (Lipinski definition) is 4. The van der Waals surface area contributed by atoms with E-state index in [1.165, 1.54) is 6.07 Å². The quantitative estimate of drug-likeness (QED) is 0.820. The van der Waals surface area contributed by atoms with Gasteiger partial charge in [-0.05, 0) is 33.8 Å². The van der Waals surface area contributed by atoms with Crippen molar-refractivity contribution >= 4 is 5.97 Å². The Kier molecular flexibility index (Phi) is 6.30. The predicted octanol–water partition coefficient (Wildman–Crippen LogP) is 2.52. The lowest BCUT2D eigenvalue weighted by atomic mass is 10.0. The molecule has 0 amide bonds. The Labute approximate surface area is 125 Å². The first kappa shape index (κ1) is 17.6. The predicted molar refractivity (Wildman–Crippen MR) is 79.3 cm³/mol. The lowest BCUT2D eigenvalue weighted by Crippen LogP contribution is -2.46. The van der Waals surface area contributed by atoms with Gasteiger partial charge in [-0.1, -0.05) is 18.2 Å². The van der Waals surface area contributed by atoms with Gasteiger partial charge in [0, 0.05) is 17.6 Å². The first-order valence-electron chi connectivity index (χ1n) is 7.09. The van der Waals surface area contributed by atoms with E-state index in [9.17, 15) is 14.3 Å². The second kappa shape index (κ2) is 7.52. The third-order valence-electron chi connectivity index (χ3n) is 3.23. The van der Waals surface area contributed by atoms with E-state index in [-0.39, 0.29) is 30.2 Å². The Bertz CT molecular complexity index is 471. The van der Waals surface area contributed by atoms with Crippen LogP contribution in [0.15, 0.2) is 24.3 Å². The molecule has 0 saturated heterocycles. The standard InChI is InChI=1S/C16H24FNO3/c1-5-21-15(20)11-18(16(2,3)4)10-14(19)12-8-6-7-9-13(12)17/h6-9,14,19H,5,10-11H2,1-4H3. The van der Waals surface area contributed by atoms with E-state index >= 15 is 0 Å². The highest BCUT2D eigenvalue weighted by Crippen LogP contribution is 2.22. The van der Waals surface area contributed by atoms with Crippen molar-refractivity contribution in [3.8, 4) is 0 Å². The van der Waals surface area contributed by atoms with Crippen LogP contribution in [-0.4, -0.2) is 41.2 Å². The van der Waals surface area contributed by atoms with Crippen molar-refractivity contribution in [3.63, 3.8) is 0 Å². The zero-order chi connectivity index (χ0) is 16.0. The molecule has 1 aromatic carbocycles. The summed E-state index contributed by atoms with van der Waals surface area (Å²) in [6.07, 6.45) is -1.00. The minimum Gasteiger partial charge on any atom is -0.465 e. The molecule has 1 rings (SSSR count). The largest absolute Gasteiger partial charge is 0.465 e. The van der Waals surface area contributed by atoms with Gasteiger partial charge in [0.15, 0.2) is 0 Å². The summed E-state index contributed by atoms with van der Waals surface area (Å²) in [6, 6.07) is 6.11. The number of carbonyl (C=O) groups is 1. The first-order chi connectivity index (χ1) is 9.75. The number of ether oxygens (including phenoxy) is 1. The average molecular weight is 297 g/mol. The third kappa shape index (κ3) is 5.44. The molecular formula is C16H24FNO3. The average Bonchev–Trinajstić information content (AvgIpc) is 2.37. The van der Waals surface area contributed by atoms with Crippen LogP contribution in [0.3, 0.4) is 0 Å². The SMILES string of the molecule is CCOC(=O)CN(CC(O)c1ccccc1F)C(C)(C)C. The van der Waals surface area contributed by atoms with E-state index in [1.807, 2.05) is 20.8 Å². The van der Waals surface area contributed by atoms with Crippen LogP contribution >= 0.6 is 0 Å². The number of carbonyl (C=O) groups excluding carboxylic acids is 1. The van der Waals surface area contributed by atoms with E-state index in [0.29, 0.717) is 6.61 Å². The fraction of sp³-hybridized carbons (Fsp3) is 0.562. The molecule has 1 atom stereocenters. The van der Waals surface area contributed by atoms with Gasteiger partial charge in [-0.2, -0.15) is 0 Å². The van der Waals surface area contributed by atoms with Crippen molar-refractivity contribution in [1.82, 2.24) is 4.90 Å². The molecule has 1 N–H and O–H groups in total. The fourth-order valence-corrected chi connectivity index (χ4v) is 1.99. The zero-order valence-electron chi connectivity index (χ0n) is 13.1. The Morgan fingerprint density at radius 2 is 2.00 bits per heavy atom. The van der Waals surface area contributed by atoms with Gasteiger partial charge in [-0.3, -0.25) is 9.69 Å². The van der Waals surface area contributed by atoms with Crippen molar-refractivity contribution in [2.24, 2.45) is 0 Å². The Balaban J connectivity index is 2.82. The number of hydrogen-bond donors (Lipinski definition) is 1. The molecule has 21 heavy (non-hydrogen) atoms. The maximum absolute atomic E-state index is 13.7. The molecule has 1 aromatic rings. The van der Waals surface area contributed by atoms with Crippen LogP contribution in [0, 0.1) is 5.82 Å². The minimum absolute atomic E-state index is 0.0584. The van der Waals surface area contributed by atoms with E-state index < -0.39 is 11.9 Å². The van der Waals surface area contributed by atoms with Crippen LogP contribution in [0.2, 0.25) is 0 Å². The molecular weight excluding hydrogens is 273 g/mol. The van der Waals surface area contributed by atoms with E-state index in [0.717, 1.165) is 0 Å². The van der Waals surface area contributed by atoms with Crippen LogP contribution in [-0.2, 0) is 9.53 Å². The monoisotopic (exact) mass is 297 g/mol. The molecule has 0 heterocycles. The van der Waals surface area contributed by atoms with Crippen LogP contribution < -0.4 is 0 Å². The van der Waals surface area contributed by atoms with Crippen LogP contribution in [0.5, 0.6) is 0 Å². The molecule has 0 radical (unpaired) electrons. The van der Waals surface area contributed by atoms with E-state index in [1.54, 1.807) is 30.0 Å². The summed E-state index contributed by atoms with van der Waals surface area (Å²) in [5.74, 6) is -0.803. The maximum atomic E-state index is 13.7. The zero-order valence-corrected chi connectivity index (χ0v) is 13.1. The van der Waals surface area contributed by atoms with Gasteiger partial charge < -0.3 is 9.84 Å². The highest BCUT2D eigenvalue weighted by molar-refractivity contribution is 5.71. The maximum Gasteiger partial charge on any atom is 0.320 e. The lowest BCUT2D eigenvalue weighted by molar-refractivity contribution is -0.146. The fourth-order valence-electron chi connectivity index (χ4n) is 1.99. The lowest BCUT2D eigenvalue weighted by Gasteiger charge is -2.36. The van der Waals surface area contributed by atoms with Crippen molar-refractivity contribution < 1.29 is 19.0 Å². The summed E-state index contributed by atoms with van der Waals surface area (Å²) in [6.45, 7) is 8.06. The van der Waals surface area contributed by atoms with Crippen molar-refractivity contribution in [3.05, 3.63) is 35.6 Å². The summed E-state index contributed by atoms with van der Waals surface area (Å²) < 4.78 is 18.6. The summed E-state index contributed by atoms with van der Waals surface area (Å²) >= 11 is 0. The molecule has 0 aromatic heterocycles. The normalized spacial score (nSPS) is 13.3. The van der Waals surface area contributed by atoms with Gasteiger partial charge in [0.25, 0.3) is 0 Å². The second-order valence-electron chi connectivity index (χ2n) is 5.89. The van der Waals surface area contributed by atoms with E-state index in [4.69, 9.17) is 4.74 Å². The molecule has 0 aliphatic heterocycles. The molecule has 0 fully saturated rings. The second-order valence-corrected chi connectivity index (χ2v) is 5.89. The van der Waals surface area contributed by atoms with Crippen LogP contribution in [0.4, 0.5) is 4.39 Å².